The molecule has 1 saturated heterocycles. The summed E-state index contributed by atoms with van der Waals surface area (Å²) in [6.45, 7) is 3.53. The first-order chi connectivity index (χ1) is 11.7. The molecule has 1 fully saturated rings. The zero-order valence-electron chi connectivity index (χ0n) is 14.5. The fraction of sp³-hybridized carbons (Fsp3) is 0.533. The molecule has 1 aromatic rings. The number of benzene rings is 1. The molecule has 2 rings (SSSR count). The van der Waals surface area contributed by atoms with E-state index < -0.39 is 26.6 Å². The molecule has 2 N–H and O–H groups in total. The number of hydrogen-bond acceptors (Lipinski definition) is 7. The number of carbonyl (C=O) groups excluding carboxylic acids is 1. The smallest absolute Gasteiger partial charge is 0.338 e. The second-order valence-corrected chi connectivity index (χ2v) is 7.77. The van der Waals surface area contributed by atoms with Crippen LogP contribution >= 0.6 is 12.4 Å². The third-order valence-corrected chi connectivity index (χ3v) is 6.06. The number of carbonyl (C=O) groups is 1. The molecule has 1 aliphatic heterocycles. The number of piperidine rings is 1. The van der Waals surface area contributed by atoms with Crippen LogP contribution in [-0.2, 0) is 14.8 Å². The first kappa shape index (κ1) is 22.3. The number of ether oxygens (including phenoxy) is 1. The molecule has 146 valence electrons. The van der Waals surface area contributed by atoms with Crippen LogP contribution in [0.2, 0.25) is 0 Å². The lowest BCUT2D eigenvalue weighted by molar-refractivity contribution is -0.385. The summed E-state index contributed by atoms with van der Waals surface area (Å²) >= 11 is 0. The predicted octanol–water partition coefficient (Wildman–Crippen LogP) is 1.61. The van der Waals surface area contributed by atoms with Crippen molar-refractivity contribution in [1.29, 1.82) is 0 Å². The van der Waals surface area contributed by atoms with Crippen molar-refractivity contribution < 1.29 is 22.9 Å². The van der Waals surface area contributed by atoms with Crippen LogP contribution in [-0.4, -0.2) is 49.4 Å². The molecule has 0 saturated carbocycles. The van der Waals surface area contributed by atoms with E-state index in [9.17, 15) is 23.3 Å². The summed E-state index contributed by atoms with van der Waals surface area (Å²) in [7, 11) is -3.96. The van der Waals surface area contributed by atoms with Crippen LogP contribution in [0.15, 0.2) is 17.0 Å². The summed E-state index contributed by atoms with van der Waals surface area (Å²) in [6, 6.07) is 2.07. The van der Waals surface area contributed by atoms with Gasteiger partial charge in [-0.1, -0.05) is 0 Å². The quantitative estimate of drug-likeness (QED) is 0.445. The van der Waals surface area contributed by atoms with Gasteiger partial charge in [0.15, 0.2) is 0 Å². The van der Waals surface area contributed by atoms with Crippen molar-refractivity contribution in [3.63, 3.8) is 0 Å². The molecular formula is C15H22ClN3O6S. The second kappa shape index (κ2) is 8.76. The molecule has 0 atom stereocenters. The van der Waals surface area contributed by atoms with Gasteiger partial charge in [0.2, 0.25) is 10.0 Å². The van der Waals surface area contributed by atoms with Crippen LogP contribution in [0.3, 0.4) is 0 Å². The fourth-order valence-corrected chi connectivity index (χ4v) is 4.21. The van der Waals surface area contributed by atoms with E-state index in [0.29, 0.717) is 12.8 Å². The van der Waals surface area contributed by atoms with Gasteiger partial charge in [-0.05, 0) is 32.8 Å². The van der Waals surface area contributed by atoms with Gasteiger partial charge >= 0.3 is 5.97 Å². The number of sulfonamides is 1. The largest absolute Gasteiger partial charge is 0.462 e. The Morgan fingerprint density at radius 3 is 2.46 bits per heavy atom. The Kier molecular flexibility index (Phi) is 7.51. The van der Waals surface area contributed by atoms with Crippen molar-refractivity contribution in [2.24, 2.45) is 5.73 Å². The molecule has 0 radical (unpaired) electrons. The van der Waals surface area contributed by atoms with Gasteiger partial charge in [0, 0.05) is 30.8 Å². The Bertz CT molecular complexity index is 791. The summed E-state index contributed by atoms with van der Waals surface area (Å²) < 4.78 is 31.8. The normalized spacial score (nSPS) is 16.0. The number of nitro groups is 1. The van der Waals surface area contributed by atoms with Crippen LogP contribution in [0.4, 0.5) is 5.69 Å². The number of nitro benzene ring substituents is 1. The standard InChI is InChI=1S/C15H21N3O6S.ClH/c1-3-24-15(19)13-8-12(9-14(10(13)2)18(20)21)25(22,23)17-6-4-11(16)5-7-17;/h8-9,11H,3-7,16H2,1-2H3;1H. The van der Waals surface area contributed by atoms with Crippen LogP contribution < -0.4 is 5.73 Å². The number of hydrogen-bond donors (Lipinski definition) is 1. The van der Waals surface area contributed by atoms with Gasteiger partial charge in [-0.2, -0.15) is 4.31 Å². The lowest BCUT2D eigenvalue weighted by Gasteiger charge is -2.29. The number of esters is 1. The number of nitrogens with two attached hydrogens (primary N) is 1. The molecule has 11 heteroatoms. The van der Waals surface area contributed by atoms with E-state index in [4.69, 9.17) is 10.5 Å². The van der Waals surface area contributed by atoms with Crippen molar-refractivity contribution in [1.82, 2.24) is 4.31 Å². The Hall–Kier alpha value is -1.75. The Balaban J connectivity index is 0.00000338. The molecule has 0 unspecified atom stereocenters. The van der Waals surface area contributed by atoms with E-state index in [1.807, 2.05) is 0 Å². The molecule has 0 spiro atoms. The number of halogens is 1. The van der Waals surface area contributed by atoms with Gasteiger partial charge in [-0.3, -0.25) is 10.1 Å². The van der Waals surface area contributed by atoms with Crippen LogP contribution in [0.25, 0.3) is 0 Å². The molecule has 1 aliphatic rings. The van der Waals surface area contributed by atoms with E-state index in [1.165, 1.54) is 11.2 Å². The van der Waals surface area contributed by atoms with Crippen LogP contribution in [0.1, 0.15) is 35.7 Å². The van der Waals surface area contributed by atoms with Crippen molar-refractivity contribution >= 4 is 34.1 Å². The minimum Gasteiger partial charge on any atom is -0.462 e. The average Bonchev–Trinajstić information content (AvgIpc) is 2.55. The maximum absolute atomic E-state index is 12.8. The SMILES string of the molecule is CCOC(=O)c1cc(S(=O)(=O)N2CCC(N)CC2)cc([N+](=O)[O-])c1C.Cl. The van der Waals surface area contributed by atoms with Gasteiger partial charge < -0.3 is 10.5 Å². The number of nitrogens with zero attached hydrogens (tertiary/aromatic N) is 2. The molecule has 0 aliphatic carbocycles. The molecule has 9 nitrogen and oxygen atoms in total. The van der Waals surface area contributed by atoms with E-state index in [-0.39, 0.29) is 54.2 Å². The Morgan fingerprint density at radius 2 is 1.96 bits per heavy atom. The van der Waals surface area contributed by atoms with E-state index in [1.54, 1.807) is 6.92 Å². The van der Waals surface area contributed by atoms with Crippen molar-refractivity contribution in [3.8, 4) is 0 Å². The van der Waals surface area contributed by atoms with Gasteiger partial charge in [0.05, 0.1) is 22.0 Å². The van der Waals surface area contributed by atoms with Crippen molar-refractivity contribution in [3.05, 3.63) is 33.4 Å². The maximum Gasteiger partial charge on any atom is 0.338 e. The molecule has 0 amide bonds. The third-order valence-electron chi connectivity index (χ3n) is 4.18. The zero-order chi connectivity index (χ0) is 18.8. The molecule has 1 heterocycles. The van der Waals surface area contributed by atoms with Crippen LogP contribution in [0, 0.1) is 17.0 Å². The van der Waals surface area contributed by atoms with Gasteiger partial charge in [0.1, 0.15) is 0 Å². The summed E-state index contributed by atoms with van der Waals surface area (Å²) in [5, 5.41) is 11.3. The second-order valence-electron chi connectivity index (χ2n) is 5.83. The molecule has 26 heavy (non-hydrogen) atoms. The highest BCUT2D eigenvalue weighted by Crippen LogP contribution is 2.29. The lowest BCUT2D eigenvalue weighted by atomic mass is 10.1. The zero-order valence-corrected chi connectivity index (χ0v) is 16.1. The summed E-state index contributed by atoms with van der Waals surface area (Å²) in [5.41, 5.74) is 5.31. The highest BCUT2D eigenvalue weighted by molar-refractivity contribution is 7.89. The van der Waals surface area contributed by atoms with Crippen molar-refractivity contribution in [2.75, 3.05) is 19.7 Å². The molecule has 0 aromatic heterocycles. The van der Waals surface area contributed by atoms with Crippen molar-refractivity contribution in [2.45, 2.75) is 37.6 Å². The highest BCUT2D eigenvalue weighted by Gasteiger charge is 2.32. The first-order valence-corrected chi connectivity index (χ1v) is 9.34. The van der Waals surface area contributed by atoms with Gasteiger partial charge in [0.25, 0.3) is 5.69 Å². The Labute approximate surface area is 158 Å². The monoisotopic (exact) mass is 407 g/mol. The molecular weight excluding hydrogens is 386 g/mol. The minimum atomic E-state index is -3.96. The van der Waals surface area contributed by atoms with E-state index in [0.717, 1.165) is 12.1 Å². The summed E-state index contributed by atoms with van der Waals surface area (Å²) in [6.07, 6.45) is 1.02. The first-order valence-electron chi connectivity index (χ1n) is 7.90. The lowest BCUT2D eigenvalue weighted by Crippen LogP contribution is -2.42. The molecule has 1 aromatic carbocycles. The summed E-state index contributed by atoms with van der Waals surface area (Å²) in [4.78, 5) is 22.4. The van der Waals surface area contributed by atoms with Gasteiger partial charge in [-0.25, -0.2) is 13.2 Å². The van der Waals surface area contributed by atoms with Crippen LogP contribution in [0.5, 0.6) is 0 Å². The maximum atomic E-state index is 12.8. The minimum absolute atomic E-state index is 0. The summed E-state index contributed by atoms with van der Waals surface area (Å²) in [5.74, 6) is -0.791. The van der Waals surface area contributed by atoms with Gasteiger partial charge in [-0.15, -0.1) is 12.4 Å². The number of rotatable bonds is 5. The topological polar surface area (TPSA) is 133 Å². The average molecular weight is 408 g/mol. The van der Waals surface area contributed by atoms with E-state index in [2.05, 4.69) is 0 Å². The molecule has 0 bridgehead atoms. The van der Waals surface area contributed by atoms with E-state index >= 15 is 0 Å². The predicted molar refractivity (Wildman–Crippen MR) is 97.0 cm³/mol. The fourth-order valence-electron chi connectivity index (χ4n) is 2.70. The Morgan fingerprint density at radius 1 is 1.38 bits per heavy atom. The third kappa shape index (κ3) is 4.50. The highest BCUT2D eigenvalue weighted by atomic mass is 35.5.